The van der Waals surface area contributed by atoms with Crippen LogP contribution in [0.25, 0.3) is 0 Å². The van der Waals surface area contributed by atoms with Gasteiger partial charge in [0, 0.05) is 51.4 Å². The fourth-order valence-corrected chi connectivity index (χ4v) is 2.57. The summed E-state index contributed by atoms with van der Waals surface area (Å²) in [5, 5.41) is 6.11. The van der Waals surface area contributed by atoms with Gasteiger partial charge in [0.05, 0.1) is 0 Å². The SMILES string of the molecule is CCNCCNC(=O)c1ccc(CN2CCN(C)CC2)cc1.Cl.Cl. The monoisotopic (exact) mass is 376 g/mol. The summed E-state index contributed by atoms with van der Waals surface area (Å²) < 4.78 is 0. The summed E-state index contributed by atoms with van der Waals surface area (Å²) in [5.41, 5.74) is 2.01. The molecular formula is C17H30Cl2N4O. The first-order valence-corrected chi connectivity index (χ1v) is 8.18. The Bertz CT molecular complexity index is 462. The Hall–Kier alpha value is -0.850. The van der Waals surface area contributed by atoms with Gasteiger partial charge in [0.15, 0.2) is 0 Å². The molecule has 1 saturated heterocycles. The highest BCUT2D eigenvalue weighted by molar-refractivity contribution is 5.94. The molecule has 1 aliphatic rings. The van der Waals surface area contributed by atoms with E-state index in [-0.39, 0.29) is 30.7 Å². The van der Waals surface area contributed by atoms with E-state index >= 15 is 0 Å². The second-order valence-electron chi connectivity index (χ2n) is 5.89. The van der Waals surface area contributed by atoms with Crippen LogP contribution in [-0.2, 0) is 6.54 Å². The topological polar surface area (TPSA) is 47.6 Å². The third-order valence-electron chi connectivity index (χ3n) is 4.06. The van der Waals surface area contributed by atoms with Crippen LogP contribution >= 0.6 is 24.8 Å². The minimum absolute atomic E-state index is 0. The number of hydrogen-bond donors (Lipinski definition) is 2. The second kappa shape index (κ2) is 12.5. The number of carbonyl (C=O) groups is 1. The van der Waals surface area contributed by atoms with Crippen LogP contribution in [0.2, 0.25) is 0 Å². The molecule has 0 atom stereocenters. The third-order valence-corrected chi connectivity index (χ3v) is 4.06. The predicted octanol–water partition coefficient (Wildman–Crippen LogP) is 1.62. The summed E-state index contributed by atoms with van der Waals surface area (Å²) in [6.45, 7) is 9.91. The molecule has 2 N–H and O–H groups in total. The summed E-state index contributed by atoms with van der Waals surface area (Å²) in [6.07, 6.45) is 0. The molecule has 1 fully saturated rings. The molecule has 0 aromatic heterocycles. The number of carbonyl (C=O) groups excluding carboxylic acids is 1. The molecule has 1 heterocycles. The number of benzene rings is 1. The summed E-state index contributed by atoms with van der Waals surface area (Å²) in [5.74, 6) is 0.00375. The number of hydrogen-bond acceptors (Lipinski definition) is 4. The molecule has 1 aromatic rings. The maximum Gasteiger partial charge on any atom is 0.251 e. The zero-order valence-electron chi connectivity index (χ0n) is 14.6. The molecule has 1 aromatic carbocycles. The van der Waals surface area contributed by atoms with Crippen molar-refractivity contribution in [2.45, 2.75) is 13.5 Å². The van der Waals surface area contributed by atoms with Crippen LogP contribution in [0.3, 0.4) is 0 Å². The fourth-order valence-electron chi connectivity index (χ4n) is 2.57. The number of piperazine rings is 1. The highest BCUT2D eigenvalue weighted by Gasteiger charge is 2.14. The normalized spacial score (nSPS) is 15.2. The standard InChI is InChI=1S/C17H28N4O.2ClH/c1-3-18-8-9-19-17(22)16-6-4-15(5-7-16)14-21-12-10-20(2)11-13-21;;/h4-7,18H,3,8-14H2,1-2H3,(H,19,22);2*1H. The summed E-state index contributed by atoms with van der Waals surface area (Å²) >= 11 is 0. The lowest BCUT2D eigenvalue weighted by Gasteiger charge is -2.32. The van der Waals surface area contributed by atoms with Crippen LogP contribution in [-0.4, -0.2) is 68.6 Å². The van der Waals surface area contributed by atoms with Crippen molar-refractivity contribution in [3.8, 4) is 0 Å². The maximum atomic E-state index is 12.0. The van der Waals surface area contributed by atoms with E-state index in [0.717, 1.165) is 51.4 Å². The van der Waals surface area contributed by atoms with E-state index in [0.29, 0.717) is 6.54 Å². The van der Waals surface area contributed by atoms with E-state index in [9.17, 15) is 4.79 Å². The average molecular weight is 377 g/mol. The zero-order valence-corrected chi connectivity index (χ0v) is 16.2. The van der Waals surface area contributed by atoms with Gasteiger partial charge >= 0.3 is 0 Å². The van der Waals surface area contributed by atoms with Gasteiger partial charge in [-0.2, -0.15) is 0 Å². The molecular weight excluding hydrogens is 347 g/mol. The number of nitrogens with one attached hydrogen (secondary N) is 2. The molecule has 0 saturated carbocycles. The molecule has 2 rings (SSSR count). The molecule has 1 aliphatic heterocycles. The first kappa shape index (κ1) is 23.1. The Labute approximate surface area is 158 Å². The van der Waals surface area contributed by atoms with Crippen LogP contribution in [0.15, 0.2) is 24.3 Å². The fraction of sp³-hybridized carbons (Fsp3) is 0.588. The van der Waals surface area contributed by atoms with Gasteiger partial charge in [0.25, 0.3) is 5.91 Å². The number of rotatable bonds is 7. The van der Waals surface area contributed by atoms with Crippen molar-refractivity contribution in [3.05, 3.63) is 35.4 Å². The maximum absolute atomic E-state index is 12.0. The summed E-state index contributed by atoms with van der Waals surface area (Å²) in [4.78, 5) is 16.8. The third kappa shape index (κ3) is 7.81. The van der Waals surface area contributed by atoms with Crippen LogP contribution in [0.5, 0.6) is 0 Å². The lowest BCUT2D eigenvalue weighted by atomic mass is 10.1. The van der Waals surface area contributed by atoms with Crippen molar-refractivity contribution in [3.63, 3.8) is 0 Å². The predicted molar refractivity (Wildman–Crippen MR) is 105 cm³/mol. The largest absolute Gasteiger partial charge is 0.351 e. The Morgan fingerprint density at radius 2 is 1.67 bits per heavy atom. The van der Waals surface area contributed by atoms with Crippen LogP contribution in [0, 0.1) is 0 Å². The highest BCUT2D eigenvalue weighted by Crippen LogP contribution is 2.09. The van der Waals surface area contributed by atoms with E-state index in [4.69, 9.17) is 0 Å². The Morgan fingerprint density at radius 1 is 1.04 bits per heavy atom. The van der Waals surface area contributed by atoms with Gasteiger partial charge in [-0.1, -0.05) is 19.1 Å². The van der Waals surface area contributed by atoms with Gasteiger partial charge in [-0.3, -0.25) is 9.69 Å². The molecule has 0 radical (unpaired) electrons. The van der Waals surface area contributed by atoms with Gasteiger partial charge in [0.1, 0.15) is 0 Å². The van der Waals surface area contributed by atoms with Crippen LogP contribution in [0.4, 0.5) is 0 Å². The molecule has 0 bridgehead atoms. The number of likely N-dealkylation sites (N-methyl/N-ethyl adjacent to an activating group) is 2. The molecule has 0 spiro atoms. The lowest BCUT2D eigenvalue weighted by molar-refractivity contribution is 0.0954. The Morgan fingerprint density at radius 3 is 2.25 bits per heavy atom. The van der Waals surface area contributed by atoms with Crippen LogP contribution < -0.4 is 10.6 Å². The first-order chi connectivity index (χ1) is 10.7. The molecule has 0 aliphatic carbocycles. The van der Waals surface area contributed by atoms with Crippen molar-refractivity contribution < 1.29 is 4.79 Å². The van der Waals surface area contributed by atoms with E-state index in [1.165, 1.54) is 5.56 Å². The molecule has 24 heavy (non-hydrogen) atoms. The van der Waals surface area contributed by atoms with Gasteiger partial charge < -0.3 is 15.5 Å². The second-order valence-corrected chi connectivity index (χ2v) is 5.89. The average Bonchev–Trinajstić information content (AvgIpc) is 2.54. The minimum Gasteiger partial charge on any atom is -0.351 e. The van der Waals surface area contributed by atoms with E-state index in [1.54, 1.807) is 0 Å². The van der Waals surface area contributed by atoms with Crippen molar-refractivity contribution in [2.75, 3.05) is 52.9 Å². The molecule has 1 amide bonds. The van der Waals surface area contributed by atoms with Gasteiger partial charge in [0.2, 0.25) is 0 Å². The van der Waals surface area contributed by atoms with E-state index < -0.39 is 0 Å². The van der Waals surface area contributed by atoms with Crippen molar-refractivity contribution in [1.29, 1.82) is 0 Å². The van der Waals surface area contributed by atoms with Crippen molar-refractivity contribution >= 4 is 30.7 Å². The summed E-state index contributed by atoms with van der Waals surface area (Å²) in [6, 6.07) is 7.98. The smallest absolute Gasteiger partial charge is 0.251 e. The Balaban J connectivity index is 0.00000264. The van der Waals surface area contributed by atoms with E-state index in [2.05, 4.69) is 46.5 Å². The molecule has 5 nitrogen and oxygen atoms in total. The van der Waals surface area contributed by atoms with Crippen molar-refractivity contribution in [2.24, 2.45) is 0 Å². The van der Waals surface area contributed by atoms with Gasteiger partial charge in [-0.05, 0) is 31.3 Å². The van der Waals surface area contributed by atoms with E-state index in [1.807, 2.05) is 12.1 Å². The van der Waals surface area contributed by atoms with Crippen LogP contribution in [0.1, 0.15) is 22.8 Å². The number of nitrogens with zero attached hydrogens (tertiary/aromatic N) is 2. The van der Waals surface area contributed by atoms with Gasteiger partial charge in [-0.25, -0.2) is 0 Å². The first-order valence-electron chi connectivity index (χ1n) is 8.18. The molecule has 0 unspecified atom stereocenters. The quantitative estimate of drug-likeness (QED) is 0.709. The summed E-state index contributed by atoms with van der Waals surface area (Å²) in [7, 11) is 2.17. The minimum atomic E-state index is 0. The number of halogens is 2. The molecule has 7 heteroatoms. The van der Waals surface area contributed by atoms with Gasteiger partial charge in [-0.15, -0.1) is 24.8 Å². The number of amides is 1. The zero-order chi connectivity index (χ0) is 15.8. The Kier molecular flexibility index (Phi) is 12.1. The molecule has 138 valence electrons. The highest BCUT2D eigenvalue weighted by atomic mass is 35.5. The van der Waals surface area contributed by atoms with Crippen molar-refractivity contribution in [1.82, 2.24) is 20.4 Å². The lowest BCUT2D eigenvalue weighted by Crippen LogP contribution is -2.43.